The van der Waals surface area contributed by atoms with Crippen molar-refractivity contribution in [1.82, 2.24) is 5.32 Å². The third kappa shape index (κ3) is 3.99. The Morgan fingerprint density at radius 2 is 1.89 bits per heavy atom. The molecule has 1 aromatic carbocycles. The monoisotopic (exact) mass is 341 g/mol. The Morgan fingerprint density at radius 3 is 2.53 bits per heavy atom. The first-order chi connectivity index (χ1) is 8.95. The van der Waals surface area contributed by atoms with E-state index in [-0.39, 0.29) is 5.91 Å². The highest BCUT2D eigenvalue weighted by atomic mass is 79.9. The fourth-order valence-corrected chi connectivity index (χ4v) is 3.65. The Bertz CT molecular complexity index is 467. The number of nitrogens with one attached hydrogen (secondary N) is 1. The smallest absolute Gasteiger partial charge is 0.252 e. The van der Waals surface area contributed by atoms with Gasteiger partial charge < -0.3 is 5.32 Å². The number of rotatable bonds is 2. The molecule has 0 spiro atoms. The first-order valence-corrected chi connectivity index (χ1v) is 7.99. The van der Waals surface area contributed by atoms with E-state index >= 15 is 0 Å². The Labute approximate surface area is 128 Å². The molecule has 0 heterocycles. The van der Waals surface area contributed by atoms with Gasteiger partial charge >= 0.3 is 0 Å². The maximum atomic E-state index is 12.3. The Balaban J connectivity index is 2.06. The summed E-state index contributed by atoms with van der Waals surface area (Å²) in [5, 5.41) is 3.16. The van der Waals surface area contributed by atoms with Crippen molar-refractivity contribution in [3.05, 3.63) is 28.2 Å². The summed E-state index contributed by atoms with van der Waals surface area (Å²) in [6.07, 6.45) is 3.42. The van der Waals surface area contributed by atoms with E-state index in [1.54, 1.807) is 6.07 Å². The zero-order chi connectivity index (χ0) is 14.0. The van der Waals surface area contributed by atoms with Crippen LogP contribution >= 0.6 is 28.6 Å². The van der Waals surface area contributed by atoms with E-state index in [4.69, 9.17) is 0 Å². The van der Waals surface area contributed by atoms with Crippen LogP contribution in [0.15, 0.2) is 27.6 Å². The van der Waals surface area contributed by atoms with Gasteiger partial charge in [-0.3, -0.25) is 4.79 Å². The van der Waals surface area contributed by atoms with Crippen LogP contribution in [0.4, 0.5) is 0 Å². The normalized spacial score (nSPS) is 27.1. The van der Waals surface area contributed by atoms with Crippen molar-refractivity contribution in [1.29, 1.82) is 0 Å². The molecular formula is C15H20BrNOS. The second-order valence-electron chi connectivity index (χ2n) is 5.75. The lowest BCUT2D eigenvalue weighted by Gasteiger charge is -2.32. The first-order valence-electron chi connectivity index (χ1n) is 6.75. The number of carbonyl (C=O) groups excluding carboxylic acids is 1. The van der Waals surface area contributed by atoms with Gasteiger partial charge in [-0.2, -0.15) is 0 Å². The van der Waals surface area contributed by atoms with Gasteiger partial charge in [-0.15, -0.1) is 12.6 Å². The summed E-state index contributed by atoms with van der Waals surface area (Å²) in [4.78, 5) is 13.1. The lowest BCUT2D eigenvalue weighted by Crippen LogP contribution is -2.40. The molecule has 1 N–H and O–H groups in total. The van der Waals surface area contributed by atoms with Crippen LogP contribution in [0.1, 0.15) is 43.5 Å². The molecule has 0 radical (unpaired) electrons. The number of carbonyl (C=O) groups is 1. The molecule has 1 amide bonds. The van der Waals surface area contributed by atoms with Crippen LogP contribution in [-0.2, 0) is 0 Å². The van der Waals surface area contributed by atoms with Gasteiger partial charge in [0.25, 0.3) is 5.91 Å². The number of hydrogen-bond donors (Lipinski definition) is 2. The summed E-state index contributed by atoms with van der Waals surface area (Å²) >= 11 is 7.71. The quantitative estimate of drug-likeness (QED) is 0.772. The molecule has 0 aliphatic heterocycles. The molecule has 2 nitrogen and oxygen atoms in total. The molecule has 19 heavy (non-hydrogen) atoms. The lowest BCUT2D eigenvalue weighted by atomic mass is 9.80. The molecule has 1 aromatic rings. The number of thiol groups is 1. The second-order valence-corrected chi connectivity index (χ2v) is 7.12. The van der Waals surface area contributed by atoms with Crippen molar-refractivity contribution in [2.24, 2.45) is 11.8 Å². The fraction of sp³-hybridized carbons (Fsp3) is 0.533. The second kappa shape index (κ2) is 6.31. The van der Waals surface area contributed by atoms with E-state index in [9.17, 15) is 4.79 Å². The van der Waals surface area contributed by atoms with E-state index in [1.165, 1.54) is 6.42 Å². The van der Waals surface area contributed by atoms with Gasteiger partial charge in [0.05, 0.1) is 5.56 Å². The lowest BCUT2D eigenvalue weighted by molar-refractivity contribution is 0.0910. The minimum Gasteiger partial charge on any atom is -0.349 e. The van der Waals surface area contributed by atoms with Gasteiger partial charge in [-0.1, -0.05) is 13.8 Å². The molecule has 1 aliphatic carbocycles. The van der Waals surface area contributed by atoms with Crippen LogP contribution in [0, 0.1) is 11.8 Å². The molecule has 2 rings (SSSR count). The summed E-state index contributed by atoms with van der Waals surface area (Å²) < 4.78 is 0.819. The van der Waals surface area contributed by atoms with E-state index < -0.39 is 0 Å². The molecule has 0 bridgehead atoms. The van der Waals surface area contributed by atoms with Gasteiger partial charge in [0, 0.05) is 15.4 Å². The van der Waals surface area contributed by atoms with Crippen LogP contribution in [0.5, 0.6) is 0 Å². The standard InChI is InChI=1S/C15H20BrNOS/c1-9-5-10(2)7-11(6-9)17-15(18)13-8-12(19)3-4-14(13)16/h3-4,8-11,19H,5-7H2,1-2H3,(H,17,18). The fourth-order valence-electron chi connectivity index (χ4n) is 3.02. The predicted molar refractivity (Wildman–Crippen MR) is 84.8 cm³/mol. The minimum atomic E-state index is -0.00549. The van der Waals surface area contributed by atoms with E-state index in [0.717, 1.165) is 22.2 Å². The van der Waals surface area contributed by atoms with Crippen molar-refractivity contribution >= 4 is 34.5 Å². The molecule has 0 saturated heterocycles. The number of amides is 1. The van der Waals surface area contributed by atoms with Gasteiger partial charge in [0.15, 0.2) is 0 Å². The largest absolute Gasteiger partial charge is 0.349 e. The highest BCUT2D eigenvalue weighted by Gasteiger charge is 2.25. The van der Waals surface area contributed by atoms with Crippen LogP contribution in [0.2, 0.25) is 0 Å². The zero-order valence-electron chi connectivity index (χ0n) is 11.3. The minimum absolute atomic E-state index is 0.00549. The number of hydrogen-bond acceptors (Lipinski definition) is 2. The predicted octanol–water partition coefficient (Wildman–Crippen LogP) is 4.29. The van der Waals surface area contributed by atoms with Crippen molar-refractivity contribution in [3.8, 4) is 0 Å². The third-order valence-electron chi connectivity index (χ3n) is 3.71. The molecule has 2 unspecified atom stereocenters. The average Bonchev–Trinajstić information content (AvgIpc) is 2.30. The molecule has 1 fully saturated rings. The van der Waals surface area contributed by atoms with Gasteiger partial charge in [0.2, 0.25) is 0 Å². The molecule has 0 aromatic heterocycles. The Morgan fingerprint density at radius 1 is 1.26 bits per heavy atom. The summed E-state index contributed by atoms with van der Waals surface area (Å²) in [6.45, 7) is 4.53. The molecular weight excluding hydrogens is 322 g/mol. The number of halogens is 1. The van der Waals surface area contributed by atoms with Crippen molar-refractivity contribution < 1.29 is 4.79 Å². The summed E-state index contributed by atoms with van der Waals surface area (Å²) in [7, 11) is 0. The van der Waals surface area contributed by atoms with Gasteiger partial charge in [0.1, 0.15) is 0 Å². The summed E-state index contributed by atoms with van der Waals surface area (Å²) in [5.41, 5.74) is 0.665. The Hall–Kier alpha value is -0.480. The van der Waals surface area contributed by atoms with Crippen LogP contribution in [0.3, 0.4) is 0 Å². The third-order valence-corrected chi connectivity index (χ3v) is 4.68. The van der Waals surface area contributed by atoms with Crippen molar-refractivity contribution in [2.45, 2.75) is 44.0 Å². The molecule has 4 heteroatoms. The van der Waals surface area contributed by atoms with E-state index in [1.807, 2.05) is 12.1 Å². The van der Waals surface area contributed by atoms with Crippen molar-refractivity contribution in [3.63, 3.8) is 0 Å². The average molecular weight is 342 g/mol. The molecule has 104 valence electrons. The van der Waals surface area contributed by atoms with E-state index in [2.05, 4.69) is 47.7 Å². The van der Waals surface area contributed by atoms with Gasteiger partial charge in [-0.25, -0.2) is 0 Å². The van der Waals surface area contributed by atoms with E-state index in [0.29, 0.717) is 23.4 Å². The molecule has 2 atom stereocenters. The van der Waals surface area contributed by atoms with Gasteiger partial charge in [-0.05, 0) is 65.2 Å². The maximum absolute atomic E-state index is 12.3. The summed E-state index contributed by atoms with van der Waals surface area (Å²) in [5.74, 6) is 1.37. The van der Waals surface area contributed by atoms with Crippen molar-refractivity contribution in [2.75, 3.05) is 0 Å². The molecule has 1 saturated carbocycles. The van der Waals surface area contributed by atoms with Crippen LogP contribution < -0.4 is 5.32 Å². The summed E-state index contributed by atoms with van der Waals surface area (Å²) in [6, 6.07) is 5.83. The zero-order valence-corrected chi connectivity index (χ0v) is 13.8. The molecule has 1 aliphatic rings. The Kier molecular flexibility index (Phi) is 4.96. The number of benzene rings is 1. The SMILES string of the molecule is CC1CC(C)CC(NC(=O)c2cc(S)ccc2Br)C1. The van der Waals surface area contributed by atoms with Crippen LogP contribution in [-0.4, -0.2) is 11.9 Å². The topological polar surface area (TPSA) is 29.1 Å². The maximum Gasteiger partial charge on any atom is 0.252 e. The van der Waals surface area contributed by atoms with Crippen LogP contribution in [0.25, 0.3) is 0 Å². The highest BCUT2D eigenvalue weighted by Crippen LogP contribution is 2.29. The first kappa shape index (κ1) is 14.9. The highest BCUT2D eigenvalue weighted by molar-refractivity contribution is 9.10.